The molecule has 112 valence electrons. The van der Waals surface area contributed by atoms with Crippen LogP contribution in [-0.4, -0.2) is 23.7 Å². The molecule has 0 fully saturated rings. The van der Waals surface area contributed by atoms with Crippen LogP contribution in [0.25, 0.3) is 0 Å². The van der Waals surface area contributed by atoms with Crippen LogP contribution in [0.3, 0.4) is 0 Å². The smallest absolute Gasteiger partial charge is 0.258 e. The van der Waals surface area contributed by atoms with Gasteiger partial charge in [-0.05, 0) is 31.9 Å². The Morgan fingerprint density at radius 2 is 2.05 bits per heavy atom. The number of halogens is 1. The van der Waals surface area contributed by atoms with Gasteiger partial charge in [-0.2, -0.15) is 0 Å². The summed E-state index contributed by atoms with van der Waals surface area (Å²) in [6.45, 7) is 5.69. The molecule has 4 nitrogen and oxygen atoms in total. The molecule has 0 spiro atoms. The Morgan fingerprint density at radius 3 is 2.60 bits per heavy atom. The summed E-state index contributed by atoms with van der Waals surface area (Å²) in [6.07, 6.45) is 1.16. The van der Waals surface area contributed by atoms with E-state index in [9.17, 15) is 9.90 Å². The molecule has 0 radical (unpaired) electrons. The second-order valence-electron chi connectivity index (χ2n) is 4.73. The molecular formula is C15H22BrNO3. The fraction of sp³-hybridized carbons (Fsp3) is 0.533. The standard InChI is InChI=1S/C15H22BrNO3/c1-4-12(5-2)17-15(19)9-20-14-8-11(16)6-7-13(14)10(3)18/h6-8,10,12,18H,4-5,9H2,1-3H3,(H,17,19)/t10-/m0/s1. The van der Waals surface area contributed by atoms with Crippen LogP contribution in [-0.2, 0) is 4.79 Å². The van der Waals surface area contributed by atoms with E-state index in [1.807, 2.05) is 19.9 Å². The summed E-state index contributed by atoms with van der Waals surface area (Å²) in [4.78, 5) is 11.8. The van der Waals surface area contributed by atoms with Crippen LogP contribution in [0.15, 0.2) is 22.7 Å². The molecule has 1 amide bonds. The molecule has 0 aliphatic heterocycles. The van der Waals surface area contributed by atoms with Crippen LogP contribution < -0.4 is 10.1 Å². The summed E-state index contributed by atoms with van der Waals surface area (Å²) in [6, 6.07) is 5.55. The Morgan fingerprint density at radius 1 is 1.40 bits per heavy atom. The molecule has 1 aromatic carbocycles. The molecule has 1 atom stereocenters. The van der Waals surface area contributed by atoms with E-state index in [0.29, 0.717) is 11.3 Å². The summed E-state index contributed by atoms with van der Waals surface area (Å²) in [5.41, 5.74) is 0.670. The number of rotatable bonds is 7. The van der Waals surface area contributed by atoms with E-state index in [1.165, 1.54) is 0 Å². The average Bonchev–Trinajstić information content (AvgIpc) is 2.42. The number of benzene rings is 1. The molecule has 0 aliphatic carbocycles. The van der Waals surface area contributed by atoms with Crippen molar-refractivity contribution in [2.24, 2.45) is 0 Å². The Kier molecular flexibility index (Phi) is 7.02. The van der Waals surface area contributed by atoms with Gasteiger partial charge in [0.05, 0.1) is 6.10 Å². The van der Waals surface area contributed by atoms with Crippen molar-refractivity contribution in [2.45, 2.75) is 45.8 Å². The predicted octanol–water partition coefficient (Wildman–Crippen LogP) is 3.19. The maximum atomic E-state index is 11.8. The van der Waals surface area contributed by atoms with Crippen molar-refractivity contribution in [3.05, 3.63) is 28.2 Å². The van der Waals surface area contributed by atoms with Crippen molar-refractivity contribution >= 4 is 21.8 Å². The highest BCUT2D eigenvalue weighted by Crippen LogP contribution is 2.28. The number of hydrogen-bond donors (Lipinski definition) is 2. The van der Waals surface area contributed by atoms with E-state index >= 15 is 0 Å². The fourth-order valence-corrected chi connectivity index (χ4v) is 2.22. The monoisotopic (exact) mass is 343 g/mol. The molecule has 2 N–H and O–H groups in total. The summed E-state index contributed by atoms with van der Waals surface area (Å²) >= 11 is 3.35. The van der Waals surface area contributed by atoms with Crippen molar-refractivity contribution in [1.29, 1.82) is 0 Å². The SMILES string of the molecule is CCC(CC)NC(=O)COc1cc(Br)ccc1[C@H](C)O. The lowest BCUT2D eigenvalue weighted by Gasteiger charge is -2.17. The number of carbonyl (C=O) groups excluding carboxylic acids is 1. The first-order chi connectivity index (χ1) is 9.47. The fourth-order valence-electron chi connectivity index (χ4n) is 1.88. The quantitative estimate of drug-likeness (QED) is 0.799. The van der Waals surface area contributed by atoms with E-state index in [4.69, 9.17) is 4.74 Å². The summed E-state index contributed by atoms with van der Waals surface area (Å²) in [5.74, 6) is 0.379. The Bertz CT molecular complexity index is 445. The van der Waals surface area contributed by atoms with Gasteiger partial charge < -0.3 is 15.2 Å². The first kappa shape index (κ1) is 17.0. The molecular weight excluding hydrogens is 322 g/mol. The van der Waals surface area contributed by atoms with E-state index < -0.39 is 6.10 Å². The topological polar surface area (TPSA) is 58.6 Å². The van der Waals surface area contributed by atoms with Gasteiger partial charge in [-0.1, -0.05) is 35.8 Å². The average molecular weight is 344 g/mol. The molecule has 0 heterocycles. The summed E-state index contributed by atoms with van der Waals surface area (Å²) in [7, 11) is 0. The first-order valence-corrected chi connectivity index (χ1v) is 7.66. The minimum Gasteiger partial charge on any atom is -0.483 e. The van der Waals surface area contributed by atoms with Crippen molar-refractivity contribution < 1.29 is 14.6 Å². The number of hydrogen-bond acceptors (Lipinski definition) is 3. The molecule has 20 heavy (non-hydrogen) atoms. The van der Waals surface area contributed by atoms with Crippen molar-refractivity contribution in [1.82, 2.24) is 5.32 Å². The second kappa shape index (κ2) is 8.27. The Hall–Kier alpha value is -1.07. The van der Waals surface area contributed by atoms with Crippen LogP contribution >= 0.6 is 15.9 Å². The number of aliphatic hydroxyl groups excluding tert-OH is 1. The van der Waals surface area contributed by atoms with Gasteiger partial charge in [-0.3, -0.25) is 4.79 Å². The number of nitrogens with one attached hydrogen (secondary N) is 1. The van der Waals surface area contributed by atoms with Gasteiger partial charge in [-0.15, -0.1) is 0 Å². The largest absolute Gasteiger partial charge is 0.483 e. The van der Waals surface area contributed by atoms with E-state index in [1.54, 1.807) is 19.1 Å². The molecule has 0 bridgehead atoms. The van der Waals surface area contributed by atoms with E-state index in [0.717, 1.165) is 17.3 Å². The third-order valence-electron chi connectivity index (χ3n) is 3.14. The Balaban J connectivity index is 2.65. The van der Waals surface area contributed by atoms with Gasteiger partial charge in [0, 0.05) is 16.1 Å². The third-order valence-corrected chi connectivity index (χ3v) is 3.63. The van der Waals surface area contributed by atoms with E-state index in [2.05, 4.69) is 21.2 Å². The number of amides is 1. The zero-order valence-electron chi connectivity index (χ0n) is 12.1. The molecule has 5 heteroatoms. The molecule has 0 saturated carbocycles. The molecule has 0 aromatic heterocycles. The first-order valence-electron chi connectivity index (χ1n) is 6.87. The number of carbonyl (C=O) groups is 1. The van der Waals surface area contributed by atoms with Crippen LogP contribution in [0.5, 0.6) is 5.75 Å². The van der Waals surface area contributed by atoms with Crippen LogP contribution in [0.1, 0.15) is 45.3 Å². The molecule has 0 unspecified atom stereocenters. The molecule has 1 aromatic rings. The number of aliphatic hydroxyl groups is 1. The van der Waals surface area contributed by atoms with Crippen LogP contribution in [0.2, 0.25) is 0 Å². The minimum atomic E-state index is -0.639. The van der Waals surface area contributed by atoms with Crippen LogP contribution in [0, 0.1) is 0 Å². The van der Waals surface area contributed by atoms with Gasteiger partial charge in [0.1, 0.15) is 5.75 Å². The second-order valence-corrected chi connectivity index (χ2v) is 5.64. The van der Waals surface area contributed by atoms with Gasteiger partial charge in [0.25, 0.3) is 5.91 Å². The van der Waals surface area contributed by atoms with Gasteiger partial charge in [-0.25, -0.2) is 0 Å². The van der Waals surface area contributed by atoms with E-state index in [-0.39, 0.29) is 18.6 Å². The predicted molar refractivity (Wildman–Crippen MR) is 82.8 cm³/mol. The highest BCUT2D eigenvalue weighted by Gasteiger charge is 2.13. The lowest BCUT2D eigenvalue weighted by atomic mass is 10.1. The normalized spacial score (nSPS) is 12.3. The van der Waals surface area contributed by atoms with Crippen molar-refractivity contribution in [3.8, 4) is 5.75 Å². The zero-order chi connectivity index (χ0) is 15.1. The van der Waals surface area contributed by atoms with Crippen LogP contribution in [0.4, 0.5) is 0 Å². The highest BCUT2D eigenvalue weighted by atomic mass is 79.9. The lowest BCUT2D eigenvalue weighted by molar-refractivity contribution is -0.123. The highest BCUT2D eigenvalue weighted by molar-refractivity contribution is 9.10. The molecule has 0 aliphatic rings. The van der Waals surface area contributed by atoms with Crippen molar-refractivity contribution in [2.75, 3.05) is 6.61 Å². The minimum absolute atomic E-state index is 0.0489. The molecule has 0 saturated heterocycles. The lowest BCUT2D eigenvalue weighted by Crippen LogP contribution is -2.37. The summed E-state index contributed by atoms with van der Waals surface area (Å²) in [5, 5.41) is 12.6. The van der Waals surface area contributed by atoms with Gasteiger partial charge in [0.15, 0.2) is 6.61 Å². The maximum Gasteiger partial charge on any atom is 0.258 e. The van der Waals surface area contributed by atoms with Gasteiger partial charge >= 0.3 is 0 Å². The maximum absolute atomic E-state index is 11.8. The van der Waals surface area contributed by atoms with Gasteiger partial charge in [0.2, 0.25) is 0 Å². The number of ether oxygens (including phenoxy) is 1. The summed E-state index contributed by atoms with van der Waals surface area (Å²) < 4.78 is 6.37. The third kappa shape index (κ3) is 5.13. The molecule has 1 rings (SSSR count). The Labute approximate surface area is 128 Å². The zero-order valence-corrected chi connectivity index (χ0v) is 13.7. The van der Waals surface area contributed by atoms with Crippen molar-refractivity contribution in [3.63, 3.8) is 0 Å².